The quantitative estimate of drug-likeness (QED) is 0.906. The number of anilines is 1. The number of para-hydroxylation sites is 1. The van der Waals surface area contributed by atoms with Gasteiger partial charge in [-0.05, 0) is 30.0 Å². The van der Waals surface area contributed by atoms with E-state index in [1.807, 2.05) is 0 Å². The lowest BCUT2D eigenvalue weighted by Crippen LogP contribution is -2.41. The summed E-state index contributed by atoms with van der Waals surface area (Å²) in [6.07, 6.45) is 2.16. The maximum absolute atomic E-state index is 6.02. The molecular weight excluding hydrogens is 232 g/mol. The molecule has 98 valence electrons. The topological polar surface area (TPSA) is 29.3 Å². The van der Waals surface area contributed by atoms with Crippen LogP contribution in [0.5, 0.6) is 0 Å². The van der Waals surface area contributed by atoms with Crippen molar-refractivity contribution in [3.63, 3.8) is 0 Å². The summed E-state index contributed by atoms with van der Waals surface area (Å²) in [5, 5.41) is 0. The van der Waals surface area contributed by atoms with Gasteiger partial charge in [0.25, 0.3) is 0 Å². The summed E-state index contributed by atoms with van der Waals surface area (Å²) in [4.78, 5) is 2.47. The Balaban J connectivity index is 1.81. The number of hydrogen-bond donors (Lipinski definition) is 1. The van der Waals surface area contributed by atoms with Gasteiger partial charge in [0.15, 0.2) is 0 Å². The number of hydrogen-bond acceptors (Lipinski definition) is 2. The van der Waals surface area contributed by atoms with Gasteiger partial charge in [-0.25, -0.2) is 0 Å². The molecular formula is C17H20N2. The third-order valence-electron chi connectivity index (χ3n) is 3.95. The van der Waals surface area contributed by atoms with Crippen LogP contribution in [0.3, 0.4) is 0 Å². The molecule has 1 atom stereocenters. The van der Waals surface area contributed by atoms with Crippen LogP contribution in [0, 0.1) is 0 Å². The van der Waals surface area contributed by atoms with Crippen LogP contribution < -0.4 is 10.6 Å². The van der Waals surface area contributed by atoms with Crippen LogP contribution in [0.4, 0.5) is 5.69 Å². The van der Waals surface area contributed by atoms with Crippen molar-refractivity contribution in [3.8, 4) is 0 Å². The lowest BCUT2D eigenvalue weighted by atomic mass is 10.0. The van der Waals surface area contributed by atoms with Crippen LogP contribution in [-0.4, -0.2) is 19.1 Å². The molecule has 0 radical (unpaired) electrons. The molecule has 0 fully saturated rings. The Labute approximate surface area is 114 Å². The minimum Gasteiger partial charge on any atom is -0.366 e. The highest BCUT2D eigenvalue weighted by molar-refractivity contribution is 5.58. The van der Waals surface area contributed by atoms with Crippen molar-refractivity contribution in [1.29, 1.82) is 0 Å². The lowest BCUT2D eigenvalue weighted by Gasteiger charge is -2.29. The van der Waals surface area contributed by atoms with E-state index in [-0.39, 0.29) is 0 Å². The maximum Gasteiger partial charge on any atom is 0.0452 e. The molecule has 1 aliphatic rings. The summed E-state index contributed by atoms with van der Waals surface area (Å²) in [7, 11) is 0. The molecule has 2 aromatic rings. The standard InChI is InChI=1S/C17H20N2/c18-13-16(12-14-6-2-1-3-7-14)19-11-10-15-8-4-5-9-17(15)19/h1-9,16H,10-13,18H2/t16-/m0/s1. The van der Waals surface area contributed by atoms with Gasteiger partial charge >= 0.3 is 0 Å². The number of nitrogens with two attached hydrogens (primary N) is 1. The number of nitrogens with zero attached hydrogens (tertiary/aromatic N) is 1. The molecule has 3 rings (SSSR count). The highest BCUT2D eigenvalue weighted by Gasteiger charge is 2.24. The molecule has 0 amide bonds. The SMILES string of the molecule is NC[C@H](Cc1ccccc1)N1CCc2ccccc21. The summed E-state index contributed by atoms with van der Waals surface area (Å²) in [6.45, 7) is 1.79. The van der Waals surface area contributed by atoms with Crippen molar-refractivity contribution in [2.75, 3.05) is 18.0 Å². The molecule has 0 aromatic heterocycles. The average Bonchev–Trinajstić information content (AvgIpc) is 2.90. The van der Waals surface area contributed by atoms with Crippen molar-refractivity contribution in [1.82, 2.24) is 0 Å². The first-order valence-corrected chi connectivity index (χ1v) is 6.97. The summed E-state index contributed by atoms with van der Waals surface area (Å²) in [5.74, 6) is 0. The van der Waals surface area contributed by atoms with Gasteiger partial charge < -0.3 is 10.6 Å². The summed E-state index contributed by atoms with van der Waals surface area (Å²) in [5.41, 5.74) is 10.2. The second kappa shape index (κ2) is 5.45. The molecule has 0 aliphatic carbocycles. The second-order valence-electron chi connectivity index (χ2n) is 5.15. The Morgan fingerprint density at radius 3 is 2.53 bits per heavy atom. The van der Waals surface area contributed by atoms with Crippen LogP contribution in [0.1, 0.15) is 11.1 Å². The number of benzene rings is 2. The molecule has 0 unspecified atom stereocenters. The highest BCUT2D eigenvalue weighted by atomic mass is 15.2. The van der Waals surface area contributed by atoms with Gasteiger partial charge in [-0.2, -0.15) is 0 Å². The van der Waals surface area contributed by atoms with E-state index in [0.717, 1.165) is 19.4 Å². The van der Waals surface area contributed by atoms with E-state index >= 15 is 0 Å². The monoisotopic (exact) mass is 252 g/mol. The van der Waals surface area contributed by atoms with Crippen molar-refractivity contribution in [2.45, 2.75) is 18.9 Å². The van der Waals surface area contributed by atoms with E-state index in [1.165, 1.54) is 16.8 Å². The third kappa shape index (κ3) is 2.49. The molecule has 0 saturated carbocycles. The fourth-order valence-corrected chi connectivity index (χ4v) is 2.95. The first-order chi connectivity index (χ1) is 9.38. The average molecular weight is 252 g/mol. The Morgan fingerprint density at radius 1 is 1.00 bits per heavy atom. The zero-order valence-electron chi connectivity index (χ0n) is 11.1. The molecule has 2 heteroatoms. The maximum atomic E-state index is 6.02. The molecule has 0 saturated heterocycles. The highest BCUT2D eigenvalue weighted by Crippen LogP contribution is 2.29. The molecule has 0 spiro atoms. The van der Waals surface area contributed by atoms with Gasteiger partial charge in [-0.1, -0.05) is 48.5 Å². The van der Waals surface area contributed by atoms with E-state index in [9.17, 15) is 0 Å². The molecule has 1 aliphatic heterocycles. The summed E-state index contributed by atoms with van der Waals surface area (Å²) in [6, 6.07) is 19.7. The van der Waals surface area contributed by atoms with Gasteiger partial charge in [0.2, 0.25) is 0 Å². The second-order valence-corrected chi connectivity index (χ2v) is 5.15. The fraction of sp³-hybridized carbons (Fsp3) is 0.294. The van der Waals surface area contributed by atoms with Gasteiger partial charge in [0, 0.05) is 24.8 Å². The van der Waals surface area contributed by atoms with Crippen LogP contribution >= 0.6 is 0 Å². The predicted octanol–water partition coefficient (Wildman–Crippen LogP) is 2.62. The fourth-order valence-electron chi connectivity index (χ4n) is 2.95. The van der Waals surface area contributed by atoms with E-state index < -0.39 is 0 Å². The van der Waals surface area contributed by atoms with E-state index in [1.54, 1.807) is 0 Å². The van der Waals surface area contributed by atoms with E-state index in [4.69, 9.17) is 5.73 Å². The van der Waals surface area contributed by atoms with Crippen molar-refractivity contribution >= 4 is 5.69 Å². The van der Waals surface area contributed by atoms with E-state index in [0.29, 0.717) is 12.6 Å². The first kappa shape index (κ1) is 12.2. The van der Waals surface area contributed by atoms with Gasteiger partial charge in [-0.15, -0.1) is 0 Å². The van der Waals surface area contributed by atoms with Crippen LogP contribution in [0.25, 0.3) is 0 Å². The minimum atomic E-state index is 0.394. The molecule has 19 heavy (non-hydrogen) atoms. The molecule has 2 nitrogen and oxygen atoms in total. The van der Waals surface area contributed by atoms with Gasteiger partial charge in [-0.3, -0.25) is 0 Å². The minimum absolute atomic E-state index is 0.394. The Hall–Kier alpha value is -1.80. The summed E-state index contributed by atoms with van der Waals surface area (Å²) >= 11 is 0. The molecule has 2 N–H and O–H groups in total. The molecule has 2 aromatic carbocycles. The third-order valence-corrected chi connectivity index (χ3v) is 3.95. The van der Waals surface area contributed by atoms with Crippen LogP contribution in [0.15, 0.2) is 54.6 Å². The van der Waals surface area contributed by atoms with Crippen LogP contribution in [0.2, 0.25) is 0 Å². The zero-order chi connectivity index (χ0) is 13.1. The Kier molecular flexibility index (Phi) is 3.51. The Morgan fingerprint density at radius 2 is 1.74 bits per heavy atom. The van der Waals surface area contributed by atoms with Crippen LogP contribution in [-0.2, 0) is 12.8 Å². The summed E-state index contributed by atoms with van der Waals surface area (Å²) < 4.78 is 0. The first-order valence-electron chi connectivity index (χ1n) is 6.97. The molecule has 0 bridgehead atoms. The van der Waals surface area contributed by atoms with E-state index in [2.05, 4.69) is 59.5 Å². The van der Waals surface area contributed by atoms with Gasteiger partial charge in [0.05, 0.1) is 0 Å². The van der Waals surface area contributed by atoms with Crippen molar-refractivity contribution in [3.05, 3.63) is 65.7 Å². The number of fused-ring (bicyclic) bond motifs is 1. The number of rotatable bonds is 4. The smallest absolute Gasteiger partial charge is 0.0452 e. The van der Waals surface area contributed by atoms with Gasteiger partial charge in [0.1, 0.15) is 0 Å². The van der Waals surface area contributed by atoms with Crippen molar-refractivity contribution in [2.24, 2.45) is 5.73 Å². The van der Waals surface area contributed by atoms with Crippen molar-refractivity contribution < 1.29 is 0 Å². The molecule has 1 heterocycles. The zero-order valence-corrected chi connectivity index (χ0v) is 11.1. The predicted molar refractivity (Wildman–Crippen MR) is 80.5 cm³/mol. The Bertz CT molecular complexity index is 536. The lowest BCUT2D eigenvalue weighted by molar-refractivity contribution is 0.610. The normalized spacial score (nSPS) is 15.3. The largest absolute Gasteiger partial charge is 0.366 e.